The van der Waals surface area contributed by atoms with Gasteiger partial charge in [-0.2, -0.15) is 5.26 Å². The first-order valence-electron chi connectivity index (χ1n) is 6.48. The molecule has 1 heterocycles. The molecule has 22 heavy (non-hydrogen) atoms. The van der Waals surface area contributed by atoms with Gasteiger partial charge in [-0.15, -0.1) is 0 Å². The molecule has 1 aliphatic rings. The van der Waals surface area contributed by atoms with Crippen LogP contribution < -0.4 is 0 Å². The summed E-state index contributed by atoms with van der Waals surface area (Å²) in [4.78, 5) is 11.0. The maximum Gasteiger partial charge on any atom is 0.335 e. The molecule has 6 atom stereocenters. The lowest BCUT2D eigenvalue weighted by Gasteiger charge is -2.39. The Kier molecular flexibility index (Phi) is 5.07. The van der Waals surface area contributed by atoms with Gasteiger partial charge in [0.1, 0.15) is 18.3 Å². The average molecular weight is 309 g/mol. The highest BCUT2D eigenvalue weighted by molar-refractivity contribution is 5.73. The van der Waals surface area contributed by atoms with E-state index in [0.29, 0.717) is 5.56 Å². The second kappa shape index (κ2) is 6.83. The SMILES string of the molecule is N#CC(OC1O[C@H](C(=O)O)[C@@H](O)[C@H](O)[C@H]1O)c1ccccc1. The highest BCUT2D eigenvalue weighted by atomic mass is 16.7. The molecule has 1 fully saturated rings. The van der Waals surface area contributed by atoms with Crippen LogP contribution in [-0.4, -0.2) is 57.1 Å². The third-order valence-electron chi connectivity index (χ3n) is 3.30. The average Bonchev–Trinajstić information content (AvgIpc) is 2.52. The number of benzene rings is 1. The predicted octanol–water partition coefficient (Wildman–Crippen LogP) is -0.840. The van der Waals surface area contributed by atoms with Crippen LogP contribution >= 0.6 is 0 Å². The Morgan fingerprint density at radius 3 is 2.36 bits per heavy atom. The number of aliphatic hydroxyl groups is 3. The first-order chi connectivity index (χ1) is 10.5. The monoisotopic (exact) mass is 309 g/mol. The minimum atomic E-state index is -1.80. The zero-order valence-electron chi connectivity index (χ0n) is 11.3. The molecule has 0 aromatic heterocycles. The van der Waals surface area contributed by atoms with Gasteiger partial charge in [-0.05, 0) is 5.56 Å². The largest absolute Gasteiger partial charge is 0.479 e. The number of hydrogen-bond donors (Lipinski definition) is 4. The van der Waals surface area contributed by atoms with Crippen LogP contribution in [0.25, 0.3) is 0 Å². The van der Waals surface area contributed by atoms with Gasteiger partial charge in [0.2, 0.25) is 0 Å². The van der Waals surface area contributed by atoms with Crippen molar-refractivity contribution in [1.82, 2.24) is 0 Å². The molecule has 118 valence electrons. The topological polar surface area (TPSA) is 140 Å². The van der Waals surface area contributed by atoms with E-state index in [2.05, 4.69) is 0 Å². The van der Waals surface area contributed by atoms with Gasteiger partial charge >= 0.3 is 5.97 Å². The van der Waals surface area contributed by atoms with Crippen molar-refractivity contribution in [2.45, 2.75) is 36.8 Å². The van der Waals surface area contributed by atoms with Gasteiger partial charge in [0.05, 0.1) is 6.07 Å². The van der Waals surface area contributed by atoms with Crippen LogP contribution in [0.1, 0.15) is 11.7 Å². The Morgan fingerprint density at radius 1 is 1.18 bits per heavy atom. The van der Waals surface area contributed by atoms with Gasteiger partial charge in [-0.3, -0.25) is 0 Å². The van der Waals surface area contributed by atoms with Crippen LogP contribution in [0.2, 0.25) is 0 Å². The lowest BCUT2D eigenvalue weighted by molar-refractivity contribution is -0.300. The van der Waals surface area contributed by atoms with Gasteiger partial charge in [0.25, 0.3) is 0 Å². The molecular formula is C14H15NO7. The zero-order valence-corrected chi connectivity index (χ0v) is 11.3. The second-order valence-electron chi connectivity index (χ2n) is 4.79. The first-order valence-corrected chi connectivity index (χ1v) is 6.48. The normalized spacial score (nSPS) is 32.9. The fourth-order valence-electron chi connectivity index (χ4n) is 2.11. The lowest BCUT2D eigenvalue weighted by Crippen LogP contribution is -2.60. The summed E-state index contributed by atoms with van der Waals surface area (Å²) < 4.78 is 10.2. The van der Waals surface area contributed by atoms with Crippen molar-refractivity contribution in [3.63, 3.8) is 0 Å². The number of hydrogen-bond acceptors (Lipinski definition) is 7. The Balaban J connectivity index is 2.16. The van der Waals surface area contributed by atoms with Gasteiger partial charge < -0.3 is 29.9 Å². The minimum absolute atomic E-state index is 0.480. The van der Waals surface area contributed by atoms with E-state index in [1.54, 1.807) is 30.3 Å². The molecule has 0 aliphatic carbocycles. The molecule has 1 aromatic rings. The van der Waals surface area contributed by atoms with Crippen LogP contribution in [0, 0.1) is 11.3 Å². The Hall–Kier alpha value is -2.02. The molecule has 2 unspecified atom stereocenters. The Labute approximate surface area is 125 Å². The number of nitriles is 1. The highest BCUT2D eigenvalue weighted by Crippen LogP contribution is 2.27. The van der Waals surface area contributed by atoms with E-state index < -0.39 is 42.8 Å². The van der Waals surface area contributed by atoms with Gasteiger partial charge in [-0.25, -0.2) is 4.79 Å². The fourth-order valence-corrected chi connectivity index (χ4v) is 2.11. The summed E-state index contributed by atoms with van der Waals surface area (Å²) in [6.45, 7) is 0. The Morgan fingerprint density at radius 2 is 1.82 bits per heavy atom. The van der Waals surface area contributed by atoms with E-state index >= 15 is 0 Å². The smallest absolute Gasteiger partial charge is 0.335 e. The molecule has 1 aromatic carbocycles. The number of carbonyl (C=O) groups is 1. The molecule has 8 heteroatoms. The van der Waals surface area contributed by atoms with Gasteiger partial charge in [-0.1, -0.05) is 30.3 Å². The zero-order chi connectivity index (χ0) is 16.3. The van der Waals surface area contributed by atoms with Gasteiger partial charge in [0.15, 0.2) is 18.5 Å². The molecule has 0 saturated carbocycles. The maximum absolute atomic E-state index is 11.0. The van der Waals surface area contributed by atoms with Crippen LogP contribution in [0.5, 0.6) is 0 Å². The number of nitrogens with zero attached hydrogens (tertiary/aromatic N) is 1. The van der Waals surface area contributed by atoms with E-state index in [-0.39, 0.29) is 0 Å². The van der Waals surface area contributed by atoms with Crippen molar-refractivity contribution in [2.24, 2.45) is 0 Å². The van der Waals surface area contributed by atoms with Crippen LogP contribution in [-0.2, 0) is 14.3 Å². The summed E-state index contributed by atoms with van der Waals surface area (Å²) in [5.41, 5.74) is 0.480. The highest BCUT2D eigenvalue weighted by Gasteiger charge is 2.48. The van der Waals surface area contributed by atoms with Crippen molar-refractivity contribution in [3.05, 3.63) is 35.9 Å². The van der Waals surface area contributed by atoms with Gasteiger partial charge in [0, 0.05) is 0 Å². The van der Waals surface area contributed by atoms with Crippen LogP contribution in [0.3, 0.4) is 0 Å². The number of ether oxygens (including phenoxy) is 2. The van der Waals surface area contributed by atoms with Crippen molar-refractivity contribution < 1.29 is 34.7 Å². The van der Waals surface area contributed by atoms with Crippen molar-refractivity contribution >= 4 is 5.97 Å². The third kappa shape index (κ3) is 3.24. The number of aliphatic hydroxyl groups excluding tert-OH is 3. The third-order valence-corrected chi connectivity index (χ3v) is 3.30. The molecule has 0 bridgehead atoms. The summed E-state index contributed by atoms with van der Waals surface area (Å²) in [7, 11) is 0. The number of carboxylic acid groups (broad SMARTS) is 1. The number of carboxylic acids is 1. The summed E-state index contributed by atoms with van der Waals surface area (Å²) in [5, 5.41) is 47.2. The standard InChI is InChI=1S/C14H15NO7/c15-6-8(7-4-2-1-3-5-7)21-14-11(18)9(16)10(17)12(22-14)13(19)20/h1-5,8-12,14,16-18H,(H,19,20)/t8?,9-,10-,11+,12-,14?/m0/s1. The molecule has 2 rings (SSSR count). The fraction of sp³-hybridized carbons (Fsp3) is 0.429. The predicted molar refractivity (Wildman–Crippen MR) is 70.2 cm³/mol. The molecule has 4 N–H and O–H groups in total. The quantitative estimate of drug-likeness (QED) is 0.564. The van der Waals surface area contributed by atoms with Crippen molar-refractivity contribution in [2.75, 3.05) is 0 Å². The van der Waals surface area contributed by atoms with Crippen molar-refractivity contribution in [1.29, 1.82) is 5.26 Å². The van der Waals surface area contributed by atoms with E-state index in [9.17, 15) is 20.1 Å². The second-order valence-corrected chi connectivity index (χ2v) is 4.79. The lowest BCUT2D eigenvalue weighted by atomic mass is 9.99. The molecule has 1 saturated heterocycles. The molecule has 8 nitrogen and oxygen atoms in total. The summed E-state index contributed by atoms with van der Waals surface area (Å²) in [5.74, 6) is -1.51. The van der Waals surface area contributed by atoms with E-state index in [1.807, 2.05) is 6.07 Å². The maximum atomic E-state index is 11.0. The molecular weight excluding hydrogens is 294 g/mol. The molecule has 0 spiro atoms. The van der Waals surface area contributed by atoms with Crippen molar-refractivity contribution in [3.8, 4) is 6.07 Å². The van der Waals surface area contributed by atoms with E-state index in [1.165, 1.54) is 0 Å². The van der Waals surface area contributed by atoms with Crippen LogP contribution in [0.4, 0.5) is 0 Å². The number of rotatable bonds is 4. The minimum Gasteiger partial charge on any atom is -0.479 e. The Bertz CT molecular complexity index is 558. The van der Waals surface area contributed by atoms with Crippen LogP contribution in [0.15, 0.2) is 30.3 Å². The molecule has 0 amide bonds. The first kappa shape index (κ1) is 16.4. The molecule has 0 radical (unpaired) electrons. The van der Waals surface area contributed by atoms with E-state index in [4.69, 9.17) is 19.8 Å². The van der Waals surface area contributed by atoms with E-state index in [0.717, 1.165) is 0 Å². The molecule has 1 aliphatic heterocycles. The summed E-state index contributed by atoms with van der Waals surface area (Å²) in [6, 6.07) is 10.2. The summed E-state index contributed by atoms with van der Waals surface area (Å²) in [6.07, 6.45) is -9.72. The number of aliphatic carboxylic acids is 1. The summed E-state index contributed by atoms with van der Waals surface area (Å²) >= 11 is 0.